The molecule has 0 atom stereocenters. The Morgan fingerprint density at radius 1 is 0.826 bits per heavy atom. The average molecular weight is 320 g/mol. The maximum absolute atomic E-state index is 8.95. The van der Waals surface area contributed by atoms with Crippen molar-refractivity contribution in [3.63, 3.8) is 0 Å². The molecular formula is C21H37NO. The number of rotatable bonds is 9. The number of hydrogen-bond acceptors (Lipinski definition) is 2. The molecule has 2 rings (SSSR count). The zero-order chi connectivity index (χ0) is 16.3. The van der Waals surface area contributed by atoms with Crippen LogP contribution in [0.4, 0.5) is 0 Å². The Balaban J connectivity index is 1.49. The van der Waals surface area contributed by atoms with Crippen LogP contribution in [0.2, 0.25) is 0 Å². The summed E-state index contributed by atoms with van der Waals surface area (Å²) in [7, 11) is 0. The highest BCUT2D eigenvalue weighted by Gasteiger charge is 2.24. The van der Waals surface area contributed by atoms with Gasteiger partial charge in [-0.3, -0.25) is 0 Å². The van der Waals surface area contributed by atoms with Gasteiger partial charge in [-0.15, -0.1) is 0 Å². The van der Waals surface area contributed by atoms with Crippen LogP contribution in [0.5, 0.6) is 0 Å². The Morgan fingerprint density at radius 3 is 2.13 bits per heavy atom. The van der Waals surface area contributed by atoms with E-state index in [1.165, 1.54) is 64.2 Å². The van der Waals surface area contributed by atoms with Gasteiger partial charge in [0.1, 0.15) is 0 Å². The monoisotopic (exact) mass is 319 g/mol. The maximum atomic E-state index is 8.95. The lowest BCUT2D eigenvalue weighted by molar-refractivity contribution is -0.00620. The number of nitriles is 1. The summed E-state index contributed by atoms with van der Waals surface area (Å²) in [6.07, 6.45) is 18.9. The van der Waals surface area contributed by atoms with Crippen molar-refractivity contribution in [2.75, 3.05) is 6.61 Å². The quantitative estimate of drug-likeness (QED) is 0.470. The molecule has 0 aromatic carbocycles. The van der Waals surface area contributed by atoms with E-state index in [0.29, 0.717) is 12.0 Å². The van der Waals surface area contributed by atoms with Crippen molar-refractivity contribution < 1.29 is 4.74 Å². The molecule has 0 aromatic heterocycles. The second-order valence-electron chi connectivity index (χ2n) is 8.03. The van der Waals surface area contributed by atoms with Gasteiger partial charge in [0.25, 0.3) is 0 Å². The molecular weight excluding hydrogens is 282 g/mol. The van der Waals surface area contributed by atoms with E-state index in [2.05, 4.69) is 13.0 Å². The van der Waals surface area contributed by atoms with E-state index in [1.807, 2.05) is 0 Å². The molecule has 0 spiro atoms. The van der Waals surface area contributed by atoms with Gasteiger partial charge >= 0.3 is 0 Å². The second-order valence-corrected chi connectivity index (χ2v) is 8.03. The lowest BCUT2D eigenvalue weighted by atomic mass is 9.80. The molecule has 0 unspecified atom stereocenters. The smallest absolute Gasteiger partial charge is 0.0655 e. The minimum absolute atomic E-state index is 0.294. The Hall–Kier alpha value is -0.550. The van der Waals surface area contributed by atoms with Gasteiger partial charge in [-0.1, -0.05) is 58.3 Å². The molecule has 0 bridgehead atoms. The van der Waals surface area contributed by atoms with Crippen LogP contribution >= 0.6 is 0 Å². The number of ether oxygens (including phenoxy) is 1. The number of nitrogens with zero attached hydrogens (tertiary/aromatic N) is 1. The first-order valence-corrected chi connectivity index (χ1v) is 10.3. The molecule has 0 saturated heterocycles. The topological polar surface area (TPSA) is 33.0 Å². The van der Waals surface area contributed by atoms with E-state index in [1.54, 1.807) is 0 Å². The molecule has 0 radical (unpaired) electrons. The zero-order valence-corrected chi connectivity index (χ0v) is 15.3. The highest BCUT2D eigenvalue weighted by atomic mass is 16.5. The van der Waals surface area contributed by atoms with E-state index in [0.717, 1.165) is 44.1 Å². The molecule has 0 heterocycles. The molecule has 23 heavy (non-hydrogen) atoms. The van der Waals surface area contributed by atoms with Crippen LogP contribution in [-0.2, 0) is 4.74 Å². The first kappa shape index (κ1) is 18.8. The van der Waals surface area contributed by atoms with Crippen molar-refractivity contribution in [2.24, 2.45) is 17.8 Å². The summed E-state index contributed by atoms with van der Waals surface area (Å²) in [6, 6.07) is 2.41. The van der Waals surface area contributed by atoms with Crippen molar-refractivity contribution >= 4 is 0 Å². The van der Waals surface area contributed by atoms with Crippen LogP contribution in [0.25, 0.3) is 0 Å². The Labute approximate surface area is 144 Å². The van der Waals surface area contributed by atoms with E-state index in [9.17, 15) is 0 Å². The minimum atomic E-state index is 0.294. The lowest BCUT2D eigenvalue weighted by Crippen LogP contribution is -2.25. The maximum Gasteiger partial charge on any atom is 0.0655 e. The molecule has 2 fully saturated rings. The molecule has 2 aliphatic carbocycles. The Kier molecular flexibility index (Phi) is 9.05. The molecule has 2 saturated carbocycles. The van der Waals surface area contributed by atoms with Gasteiger partial charge in [0.05, 0.1) is 12.2 Å². The fraction of sp³-hybridized carbons (Fsp3) is 0.952. The van der Waals surface area contributed by atoms with Crippen molar-refractivity contribution in [3.05, 3.63) is 0 Å². The van der Waals surface area contributed by atoms with Crippen molar-refractivity contribution in [1.29, 1.82) is 5.26 Å². The Bertz CT molecular complexity index is 332. The zero-order valence-electron chi connectivity index (χ0n) is 15.3. The number of unbranched alkanes of at least 4 members (excludes halogenated alkanes) is 4. The summed E-state index contributed by atoms with van der Waals surface area (Å²) in [5, 5.41) is 8.95. The molecule has 132 valence electrons. The standard InChI is InChI=1S/C21H37NO/c1-2-3-4-5-6-7-18-8-10-20(11-9-18)17-23-21-14-12-19(16-22)13-15-21/h18-21H,2-15,17H2,1H3/t18-,19-,20-,21-. The molecule has 0 aromatic rings. The fourth-order valence-electron chi connectivity index (χ4n) is 4.35. The molecule has 0 aliphatic heterocycles. The van der Waals surface area contributed by atoms with Crippen LogP contribution in [-0.4, -0.2) is 12.7 Å². The van der Waals surface area contributed by atoms with Crippen LogP contribution in [0.3, 0.4) is 0 Å². The Morgan fingerprint density at radius 2 is 1.48 bits per heavy atom. The largest absolute Gasteiger partial charge is 0.378 e. The van der Waals surface area contributed by atoms with Gasteiger partial charge in [0.2, 0.25) is 0 Å². The van der Waals surface area contributed by atoms with E-state index < -0.39 is 0 Å². The van der Waals surface area contributed by atoms with Crippen molar-refractivity contribution in [3.8, 4) is 6.07 Å². The van der Waals surface area contributed by atoms with Gasteiger partial charge in [0.15, 0.2) is 0 Å². The predicted octanol–water partition coefficient (Wildman–Crippen LogP) is 6.25. The SMILES string of the molecule is CCCCCCC[C@H]1CC[C@H](CO[C@H]2CC[C@H](C#N)CC2)CC1. The third-order valence-corrected chi connectivity index (χ3v) is 6.11. The summed E-state index contributed by atoms with van der Waals surface area (Å²) in [6.45, 7) is 3.27. The van der Waals surface area contributed by atoms with Crippen LogP contribution in [0.1, 0.15) is 96.8 Å². The molecule has 2 nitrogen and oxygen atoms in total. The van der Waals surface area contributed by atoms with Crippen LogP contribution in [0, 0.1) is 29.1 Å². The first-order chi connectivity index (χ1) is 11.3. The molecule has 2 heteroatoms. The number of hydrogen-bond donors (Lipinski definition) is 0. The van der Waals surface area contributed by atoms with Crippen molar-refractivity contribution in [1.82, 2.24) is 0 Å². The summed E-state index contributed by atoms with van der Waals surface area (Å²) in [5.41, 5.74) is 0. The molecule has 2 aliphatic rings. The highest BCUT2D eigenvalue weighted by Crippen LogP contribution is 2.33. The van der Waals surface area contributed by atoms with Gasteiger partial charge < -0.3 is 4.74 Å². The highest BCUT2D eigenvalue weighted by molar-refractivity contribution is 4.87. The van der Waals surface area contributed by atoms with Gasteiger partial charge in [-0.05, 0) is 50.4 Å². The molecule has 0 N–H and O–H groups in total. The first-order valence-electron chi connectivity index (χ1n) is 10.3. The van der Waals surface area contributed by atoms with Crippen LogP contribution in [0.15, 0.2) is 0 Å². The third-order valence-electron chi connectivity index (χ3n) is 6.11. The van der Waals surface area contributed by atoms with Gasteiger partial charge in [-0.2, -0.15) is 5.26 Å². The van der Waals surface area contributed by atoms with Crippen LogP contribution < -0.4 is 0 Å². The lowest BCUT2D eigenvalue weighted by Gasteiger charge is -2.31. The van der Waals surface area contributed by atoms with E-state index >= 15 is 0 Å². The summed E-state index contributed by atoms with van der Waals surface area (Å²) >= 11 is 0. The van der Waals surface area contributed by atoms with E-state index in [4.69, 9.17) is 10.00 Å². The second kappa shape index (κ2) is 11.1. The van der Waals surface area contributed by atoms with E-state index in [-0.39, 0.29) is 0 Å². The average Bonchev–Trinajstić information content (AvgIpc) is 2.61. The third kappa shape index (κ3) is 7.25. The molecule has 0 amide bonds. The van der Waals surface area contributed by atoms with Gasteiger partial charge in [0, 0.05) is 12.5 Å². The fourth-order valence-corrected chi connectivity index (χ4v) is 4.35. The predicted molar refractivity (Wildman–Crippen MR) is 96.1 cm³/mol. The summed E-state index contributed by atoms with van der Waals surface area (Å²) in [4.78, 5) is 0. The summed E-state index contributed by atoms with van der Waals surface area (Å²) < 4.78 is 6.17. The summed E-state index contributed by atoms with van der Waals surface area (Å²) in [5.74, 6) is 2.10. The normalized spacial score (nSPS) is 31.7. The van der Waals surface area contributed by atoms with Crippen molar-refractivity contribution in [2.45, 2.75) is 103 Å². The van der Waals surface area contributed by atoms with Gasteiger partial charge in [-0.25, -0.2) is 0 Å². The minimum Gasteiger partial charge on any atom is -0.378 e.